The molecule has 0 atom stereocenters. The quantitative estimate of drug-likeness (QED) is 0.314. The lowest BCUT2D eigenvalue weighted by molar-refractivity contribution is 0.271. The van der Waals surface area contributed by atoms with E-state index in [-0.39, 0.29) is 0 Å². The number of phenolic OH excluding ortho intramolecular Hbond substituents is 1. The average Bonchev–Trinajstić information content (AvgIpc) is 2.67. The van der Waals surface area contributed by atoms with Crippen molar-refractivity contribution in [1.29, 1.82) is 0 Å². The molecule has 0 fully saturated rings. The summed E-state index contributed by atoms with van der Waals surface area (Å²) in [5.74, 6) is 0.352. The highest BCUT2D eigenvalue weighted by Gasteiger charge is 2.10. The Bertz CT molecular complexity index is 913. The topological polar surface area (TPSA) is 48.4 Å². The van der Waals surface area contributed by atoms with Crippen molar-refractivity contribution >= 4 is 44.9 Å². The van der Waals surface area contributed by atoms with Gasteiger partial charge in [-0.25, -0.2) is 0 Å². The van der Waals surface area contributed by atoms with Gasteiger partial charge in [-0.05, 0) is 84.6 Å². The summed E-state index contributed by atoms with van der Waals surface area (Å²) in [6.45, 7) is 7.16. The Morgan fingerprint density at radius 3 is 2.74 bits per heavy atom. The van der Waals surface area contributed by atoms with Gasteiger partial charge in [-0.15, -0.1) is 0 Å². The Kier molecular flexibility index (Phi) is 6.90. The second-order valence-corrected chi connectivity index (χ2v) is 7.96. The fraction of sp³-hybridized carbons (Fsp3) is 0.318. The summed E-state index contributed by atoms with van der Waals surface area (Å²) in [5.41, 5.74) is 3.92. The smallest absolute Gasteiger partial charge is 0.120 e. The number of fused-ring (bicyclic) bond motifs is 1. The van der Waals surface area contributed by atoms with Gasteiger partial charge >= 0.3 is 0 Å². The molecule has 142 valence electrons. The van der Waals surface area contributed by atoms with E-state index in [0.29, 0.717) is 5.75 Å². The van der Waals surface area contributed by atoms with Crippen LogP contribution in [0.1, 0.15) is 32.3 Å². The Morgan fingerprint density at radius 2 is 1.96 bits per heavy atom. The number of pyridine rings is 1. The Balaban J connectivity index is 1.84. The zero-order valence-corrected chi connectivity index (χ0v) is 18.0. The summed E-state index contributed by atoms with van der Waals surface area (Å²) in [4.78, 5) is 6.83. The van der Waals surface area contributed by atoms with Crippen molar-refractivity contribution in [1.82, 2.24) is 9.88 Å². The number of unbranched alkanes of at least 4 members (excludes halogenated alkanes) is 1. The van der Waals surface area contributed by atoms with Crippen LogP contribution in [-0.2, 0) is 6.54 Å². The largest absolute Gasteiger partial charge is 0.508 e. The first-order chi connectivity index (χ1) is 13.1. The number of phenols is 1. The van der Waals surface area contributed by atoms with Gasteiger partial charge in [0.15, 0.2) is 0 Å². The molecule has 1 heterocycles. The number of aromatic hydroxyl groups is 1. The Labute approximate surface area is 174 Å². The lowest BCUT2D eigenvalue weighted by Gasteiger charge is -2.21. The van der Waals surface area contributed by atoms with Crippen LogP contribution in [0.2, 0.25) is 0 Å². The van der Waals surface area contributed by atoms with Crippen molar-refractivity contribution in [2.45, 2.75) is 33.2 Å². The van der Waals surface area contributed by atoms with E-state index in [1.165, 1.54) is 16.4 Å². The molecule has 1 aromatic heterocycles. The predicted octanol–water partition coefficient (Wildman–Crippen LogP) is 5.91. The molecule has 0 unspecified atom stereocenters. The number of rotatable bonds is 8. The molecule has 2 aromatic carbocycles. The number of halogens is 1. The van der Waals surface area contributed by atoms with Crippen LogP contribution in [0.4, 0.5) is 11.4 Å². The lowest BCUT2D eigenvalue weighted by Crippen LogP contribution is -2.24. The zero-order valence-electron chi connectivity index (χ0n) is 15.9. The normalized spacial score (nSPS) is 11.3. The summed E-state index contributed by atoms with van der Waals surface area (Å²) in [6, 6.07) is 14.0. The fourth-order valence-corrected chi connectivity index (χ4v) is 3.62. The highest BCUT2D eigenvalue weighted by molar-refractivity contribution is 14.1. The number of nitrogens with one attached hydrogen (secondary N) is 1. The maximum Gasteiger partial charge on any atom is 0.120 e. The lowest BCUT2D eigenvalue weighted by atomic mass is 10.1. The van der Waals surface area contributed by atoms with Crippen molar-refractivity contribution in [3.63, 3.8) is 0 Å². The number of nitrogens with zero attached hydrogens (tertiary/aromatic N) is 2. The third kappa shape index (κ3) is 5.11. The SMILES string of the molecule is CCCCN(CC)Cc1cc(Nc2ccnc3cc(I)ccc23)ccc1O. The van der Waals surface area contributed by atoms with Crippen LogP contribution < -0.4 is 5.32 Å². The Morgan fingerprint density at radius 1 is 1.11 bits per heavy atom. The number of benzene rings is 2. The van der Waals surface area contributed by atoms with Gasteiger partial charge in [0, 0.05) is 38.6 Å². The molecule has 0 radical (unpaired) electrons. The minimum absolute atomic E-state index is 0.352. The molecule has 5 heteroatoms. The van der Waals surface area contributed by atoms with Crippen LogP contribution in [-0.4, -0.2) is 28.1 Å². The van der Waals surface area contributed by atoms with Crippen molar-refractivity contribution < 1.29 is 5.11 Å². The molecular weight excluding hydrogens is 449 g/mol. The molecule has 0 saturated carbocycles. The fourth-order valence-electron chi connectivity index (χ4n) is 3.15. The number of hydrogen-bond acceptors (Lipinski definition) is 4. The van der Waals surface area contributed by atoms with Gasteiger partial charge in [0.25, 0.3) is 0 Å². The summed E-state index contributed by atoms with van der Waals surface area (Å²) < 4.78 is 1.17. The van der Waals surface area contributed by atoms with Gasteiger partial charge in [0.05, 0.1) is 5.52 Å². The predicted molar refractivity (Wildman–Crippen MR) is 122 cm³/mol. The molecule has 0 aliphatic rings. The van der Waals surface area contributed by atoms with Gasteiger partial charge in [-0.1, -0.05) is 20.3 Å². The van der Waals surface area contributed by atoms with E-state index < -0.39 is 0 Å². The van der Waals surface area contributed by atoms with Gasteiger partial charge in [-0.2, -0.15) is 0 Å². The highest BCUT2D eigenvalue weighted by Crippen LogP contribution is 2.29. The summed E-state index contributed by atoms with van der Waals surface area (Å²) in [7, 11) is 0. The molecule has 3 rings (SSSR count). The molecular formula is C22H26IN3O. The van der Waals surface area contributed by atoms with Gasteiger partial charge in [0.2, 0.25) is 0 Å². The van der Waals surface area contributed by atoms with E-state index in [9.17, 15) is 5.11 Å². The monoisotopic (exact) mass is 475 g/mol. The average molecular weight is 475 g/mol. The second kappa shape index (κ2) is 9.37. The van der Waals surface area contributed by atoms with Gasteiger partial charge in [-0.3, -0.25) is 9.88 Å². The summed E-state index contributed by atoms with van der Waals surface area (Å²) in [6.07, 6.45) is 4.18. The van der Waals surface area contributed by atoms with E-state index in [4.69, 9.17) is 0 Å². The molecule has 0 bridgehead atoms. The second-order valence-electron chi connectivity index (χ2n) is 6.71. The zero-order chi connectivity index (χ0) is 19.2. The van der Waals surface area contributed by atoms with E-state index in [0.717, 1.165) is 47.5 Å². The van der Waals surface area contributed by atoms with Crippen LogP contribution in [0.5, 0.6) is 5.75 Å². The maximum atomic E-state index is 10.3. The molecule has 2 N–H and O–H groups in total. The first-order valence-electron chi connectivity index (χ1n) is 9.46. The summed E-state index contributed by atoms with van der Waals surface area (Å²) >= 11 is 2.30. The van der Waals surface area contributed by atoms with Crippen LogP contribution in [0.15, 0.2) is 48.7 Å². The molecule has 0 aliphatic carbocycles. The molecule has 3 aromatic rings. The molecule has 0 amide bonds. The molecule has 0 saturated heterocycles. The van der Waals surface area contributed by atoms with Crippen LogP contribution in [0.3, 0.4) is 0 Å². The minimum Gasteiger partial charge on any atom is -0.508 e. The number of anilines is 2. The van der Waals surface area contributed by atoms with Crippen molar-refractivity contribution in [3.05, 3.63) is 57.8 Å². The van der Waals surface area contributed by atoms with Crippen molar-refractivity contribution in [3.8, 4) is 5.75 Å². The van der Waals surface area contributed by atoms with Crippen LogP contribution in [0, 0.1) is 3.57 Å². The maximum absolute atomic E-state index is 10.3. The molecule has 27 heavy (non-hydrogen) atoms. The standard InChI is InChI=1S/C22H26IN3O/c1-3-5-12-26(4-2)15-16-13-18(7-9-22(16)27)25-20-10-11-24-21-14-17(23)6-8-19(20)21/h6-11,13-14,27H,3-5,12,15H2,1-2H3,(H,24,25). The van der Waals surface area contributed by atoms with Crippen LogP contribution in [0.25, 0.3) is 10.9 Å². The third-order valence-corrected chi connectivity index (χ3v) is 5.40. The van der Waals surface area contributed by atoms with Crippen LogP contribution >= 0.6 is 22.6 Å². The minimum atomic E-state index is 0.352. The number of aromatic nitrogens is 1. The first-order valence-corrected chi connectivity index (χ1v) is 10.5. The highest BCUT2D eigenvalue weighted by atomic mass is 127. The van der Waals surface area contributed by atoms with Crippen molar-refractivity contribution in [2.24, 2.45) is 0 Å². The first kappa shape index (κ1) is 19.9. The van der Waals surface area contributed by atoms with E-state index in [2.05, 4.69) is 69.8 Å². The third-order valence-electron chi connectivity index (χ3n) is 4.73. The molecule has 4 nitrogen and oxygen atoms in total. The molecule has 0 spiro atoms. The molecule has 0 aliphatic heterocycles. The van der Waals surface area contributed by atoms with Gasteiger partial charge in [0.1, 0.15) is 5.75 Å². The number of hydrogen-bond donors (Lipinski definition) is 2. The summed E-state index contributed by atoms with van der Waals surface area (Å²) in [5, 5.41) is 14.9. The van der Waals surface area contributed by atoms with E-state index in [1.54, 1.807) is 6.07 Å². The van der Waals surface area contributed by atoms with Crippen molar-refractivity contribution in [2.75, 3.05) is 18.4 Å². The van der Waals surface area contributed by atoms with Gasteiger partial charge < -0.3 is 10.4 Å². The van der Waals surface area contributed by atoms with E-state index in [1.807, 2.05) is 24.4 Å². The van der Waals surface area contributed by atoms with E-state index >= 15 is 0 Å². The Hall–Kier alpha value is -1.86.